The number of nitrogens with zero attached hydrogens (tertiary/aromatic N) is 4. The summed E-state index contributed by atoms with van der Waals surface area (Å²) in [6.45, 7) is 0.701. The fraction of sp³-hybridized carbons (Fsp3) is 0.440. The second-order valence-corrected chi connectivity index (χ2v) is 9.27. The summed E-state index contributed by atoms with van der Waals surface area (Å²) in [5.41, 5.74) is 1.95. The molecule has 1 aromatic heterocycles. The molecule has 2 fully saturated rings. The highest BCUT2D eigenvalue weighted by atomic mass is 19.1. The van der Waals surface area contributed by atoms with Gasteiger partial charge in [-0.05, 0) is 67.8 Å². The van der Waals surface area contributed by atoms with Gasteiger partial charge in [0, 0.05) is 49.9 Å². The summed E-state index contributed by atoms with van der Waals surface area (Å²) >= 11 is 0. The second-order valence-electron chi connectivity index (χ2n) is 9.27. The smallest absolute Gasteiger partial charge is 0.151 e. The van der Waals surface area contributed by atoms with Gasteiger partial charge < -0.3 is 20.2 Å². The number of hydrogen-bond donors (Lipinski definition) is 2. The summed E-state index contributed by atoms with van der Waals surface area (Å²) in [6, 6.07) is 8.16. The molecular formula is C25H30FN5O. The first kappa shape index (κ1) is 20.9. The molecule has 4 heterocycles. The van der Waals surface area contributed by atoms with E-state index in [1.165, 1.54) is 31.4 Å². The van der Waals surface area contributed by atoms with E-state index in [-0.39, 0.29) is 11.6 Å². The molecule has 0 aliphatic carbocycles. The first-order valence-electron chi connectivity index (χ1n) is 11.4. The molecule has 0 amide bonds. The standard InChI is InChI=1S/C25H30FN5O/c1-30-10-8-16(9-11-30)20-15-24(32)21(14-22(20)26)23-6-7-25(29-28-23)31(2)19-12-17-4-3-5-18(13-19)27-17/h6-10,14-15,17-19,27,32H,3-5,11-13H2,1-2H3/t17-,18+,19+. The predicted octanol–water partition coefficient (Wildman–Crippen LogP) is 3.94. The lowest BCUT2D eigenvalue weighted by Crippen LogP contribution is -2.54. The molecule has 32 heavy (non-hydrogen) atoms. The van der Waals surface area contributed by atoms with Crippen LogP contribution in [0.2, 0.25) is 0 Å². The topological polar surface area (TPSA) is 64.5 Å². The van der Waals surface area contributed by atoms with Crippen molar-refractivity contribution in [2.24, 2.45) is 0 Å². The van der Waals surface area contributed by atoms with Crippen molar-refractivity contribution in [1.82, 2.24) is 20.4 Å². The second kappa shape index (κ2) is 8.54. The maximum absolute atomic E-state index is 14.9. The van der Waals surface area contributed by atoms with Crippen molar-refractivity contribution in [3.63, 3.8) is 0 Å². The number of aromatic nitrogens is 2. The number of hydrogen-bond acceptors (Lipinski definition) is 6. The minimum Gasteiger partial charge on any atom is -0.507 e. The van der Waals surface area contributed by atoms with Crippen LogP contribution in [0, 0.1) is 5.82 Å². The number of benzene rings is 1. The van der Waals surface area contributed by atoms with E-state index in [4.69, 9.17) is 0 Å². The molecule has 6 nitrogen and oxygen atoms in total. The van der Waals surface area contributed by atoms with Crippen LogP contribution in [-0.2, 0) is 0 Å². The largest absolute Gasteiger partial charge is 0.507 e. The van der Waals surface area contributed by atoms with E-state index in [0.717, 1.165) is 24.2 Å². The van der Waals surface area contributed by atoms with Crippen molar-refractivity contribution in [2.45, 2.75) is 50.2 Å². The minimum absolute atomic E-state index is 0.00351. The Morgan fingerprint density at radius 1 is 1.12 bits per heavy atom. The van der Waals surface area contributed by atoms with Crippen LogP contribution < -0.4 is 10.2 Å². The van der Waals surface area contributed by atoms with E-state index in [9.17, 15) is 9.50 Å². The molecule has 0 spiro atoms. The molecular weight excluding hydrogens is 405 g/mol. The number of phenolic OH excluding ortho intramolecular Hbond substituents is 1. The van der Waals surface area contributed by atoms with Crippen molar-refractivity contribution < 1.29 is 9.50 Å². The number of allylic oxidation sites excluding steroid dienone is 2. The number of likely N-dealkylation sites (N-methyl/N-ethyl adjacent to an activating group) is 1. The van der Waals surface area contributed by atoms with Gasteiger partial charge in [0.15, 0.2) is 5.82 Å². The zero-order valence-corrected chi connectivity index (χ0v) is 18.6. The molecule has 2 N–H and O–H groups in total. The van der Waals surface area contributed by atoms with Crippen molar-refractivity contribution in [2.75, 3.05) is 25.5 Å². The van der Waals surface area contributed by atoms with E-state index in [1.54, 1.807) is 0 Å². The maximum atomic E-state index is 14.9. The van der Waals surface area contributed by atoms with Gasteiger partial charge in [0.05, 0.1) is 5.69 Å². The zero-order valence-electron chi connectivity index (χ0n) is 18.6. The van der Waals surface area contributed by atoms with Crippen molar-refractivity contribution >= 4 is 11.4 Å². The number of piperidine rings is 2. The SMILES string of the molecule is CN1C=CC(c2cc(O)c(-c3ccc(N(C)[C@H]4C[C@H]5CCC[C@@H](C4)N5)nn3)cc2F)=CC1. The Morgan fingerprint density at radius 2 is 1.91 bits per heavy atom. The Labute approximate surface area is 188 Å². The summed E-state index contributed by atoms with van der Waals surface area (Å²) in [6.07, 6.45) is 11.7. The summed E-state index contributed by atoms with van der Waals surface area (Å²) in [7, 11) is 4.03. The molecule has 2 aromatic rings. The Bertz CT molecular complexity index is 1040. The molecule has 7 heteroatoms. The molecule has 0 radical (unpaired) electrons. The summed E-state index contributed by atoms with van der Waals surface area (Å²) < 4.78 is 14.9. The molecule has 0 unspecified atom stereocenters. The average Bonchev–Trinajstić information content (AvgIpc) is 2.80. The summed E-state index contributed by atoms with van der Waals surface area (Å²) in [5.74, 6) is 0.413. The van der Waals surface area contributed by atoms with Crippen molar-refractivity contribution in [3.8, 4) is 17.0 Å². The molecule has 2 saturated heterocycles. The van der Waals surface area contributed by atoms with Crippen molar-refractivity contribution in [3.05, 3.63) is 54.0 Å². The Morgan fingerprint density at radius 3 is 2.56 bits per heavy atom. The van der Waals surface area contributed by atoms with E-state index in [1.807, 2.05) is 42.4 Å². The third-order valence-electron chi connectivity index (χ3n) is 7.03. The quantitative estimate of drug-likeness (QED) is 0.759. The van der Waals surface area contributed by atoms with Gasteiger partial charge in [-0.3, -0.25) is 0 Å². The molecule has 3 atom stereocenters. The molecule has 3 aliphatic heterocycles. The summed E-state index contributed by atoms with van der Waals surface area (Å²) in [5, 5.41) is 23.1. The van der Waals surface area contributed by atoms with Gasteiger partial charge in [0.1, 0.15) is 11.6 Å². The first-order valence-corrected chi connectivity index (χ1v) is 11.4. The highest BCUT2D eigenvalue weighted by Crippen LogP contribution is 2.35. The van der Waals surface area contributed by atoms with Gasteiger partial charge in [-0.15, -0.1) is 10.2 Å². The molecule has 3 aliphatic rings. The minimum atomic E-state index is -0.387. The average molecular weight is 436 g/mol. The Hall–Kier alpha value is -2.93. The zero-order chi connectivity index (χ0) is 22.2. The van der Waals surface area contributed by atoms with Crippen LogP contribution in [0.4, 0.5) is 10.2 Å². The normalized spacial score (nSPS) is 24.9. The van der Waals surface area contributed by atoms with Crippen LogP contribution in [0.1, 0.15) is 37.7 Å². The Kier molecular flexibility index (Phi) is 5.59. The lowest BCUT2D eigenvalue weighted by Gasteiger charge is -2.43. The van der Waals surface area contributed by atoms with Gasteiger partial charge >= 0.3 is 0 Å². The number of phenols is 1. The van der Waals surface area contributed by atoms with Gasteiger partial charge in [-0.25, -0.2) is 4.39 Å². The molecule has 168 valence electrons. The number of halogens is 1. The number of fused-ring (bicyclic) bond motifs is 2. The van der Waals surface area contributed by atoms with Gasteiger partial charge in [-0.1, -0.05) is 12.5 Å². The maximum Gasteiger partial charge on any atom is 0.151 e. The van der Waals surface area contributed by atoms with Crippen LogP contribution >= 0.6 is 0 Å². The third kappa shape index (κ3) is 4.09. The van der Waals surface area contributed by atoms with Gasteiger partial charge in [-0.2, -0.15) is 0 Å². The van der Waals surface area contributed by atoms with Gasteiger partial charge in [0.25, 0.3) is 0 Å². The number of aromatic hydroxyl groups is 1. The van der Waals surface area contributed by atoms with E-state index in [0.29, 0.717) is 41.5 Å². The number of nitrogens with one attached hydrogen (secondary N) is 1. The molecule has 1 aromatic carbocycles. The summed E-state index contributed by atoms with van der Waals surface area (Å²) in [4.78, 5) is 4.21. The van der Waals surface area contributed by atoms with E-state index >= 15 is 0 Å². The van der Waals surface area contributed by atoms with Crippen LogP contribution in [0.15, 0.2) is 42.6 Å². The van der Waals surface area contributed by atoms with Crippen LogP contribution in [0.3, 0.4) is 0 Å². The van der Waals surface area contributed by atoms with E-state index in [2.05, 4.69) is 27.5 Å². The highest BCUT2D eigenvalue weighted by Gasteiger charge is 2.33. The highest BCUT2D eigenvalue weighted by molar-refractivity contribution is 5.79. The monoisotopic (exact) mass is 435 g/mol. The molecule has 2 bridgehead atoms. The number of rotatable bonds is 4. The predicted molar refractivity (Wildman–Crippen MR) is 125 cm³/mol. The lowest BCUT2D eigenvalue weighted by molar-refractivity contribution is 0.219. The van der Waals surface area contributed by atoms with Crippen LogP contribution in [-0.4, -0.2) is 59.0 Å². The fourth-order valence-corrected chi connectivity index (χ4v) is 5.16. The molecule has 5 rings (SSSR count). The third-order valence-corrected chi connectivity index (χ3v) is 7.03. The van der Waals surface area contributed by atoms with Gasteiger partial charge in [0.2, 0.25) is 0 Å². The number of anilines is 1. The fourth-order valence-electron chi connectivity index (χ4n) is 5.16. The van der Waals surface area contributed by atoms with Crippen LogP contribution in [0.25, 0.3) is 16.8 Å². The molecule has 0 saturated carbocycles. The van der Waals surface area contributed by atoms with Crippen LogP contribution in [0.5, 0.6) is 5.75 Å². The van der Waals surface area contributed by atoms with Crippen molar-refractivity contribution in [1.29, 1.82) is 0 Å². The van der Waals surface area contributed by atoms with E-state index < -0.39 is 0 Å². The first-order chi connectivity index (χ1) is 15.5. The lowest BCUT2D eigenvalue weighted by atomic mass is 9.83. The Balaban J connectivity index is 1.35.